The van der Waals surface area contributed by atoms with Gasteiger partial charge in [0.25, 0.3) is 0 Å². The van der Waals surface area contributed by atoms with Crippen LogP contribution in [0.5, 0.6) is 0 Å². The van der Waals surface area contributed by atoms with Crippen LogP contribution in [0.1, 0.15) is 33.1 Å². The third-order valence-corrected chi connectivity index (χ3v) is 3.16. The molecule has 1 heterocycles. The van der Waals surface area contributed by atoms with Gasteiger partial charge < -0.3 is 15.4 Å². The van der Waals surface area contributed by atoms with Crippen LogP contribution in [0.3, 0.4) is 0 Å². The molecule has 0 bridgehead atoms. The van der Waals surface area contributed by atoms with Crippen LogP contribution in [0.2, 0.25) is 0 Å². The van der Waals surface area contributed by atoms with E-state index in [2.05, 4.69) is 6.92 Å². The number of nitrogens with zero attached hydrogens (tertiary/aromatic N) is 1. The van der Waals surface area contributed by atoms with E-state index in [1.165, 1.54) is 0 Å². The summed E-state index contributed by atoms with van der Waals surface area (Å²) in [5.41, 5.74) is 5.95. The van der Waals surface area contributed by atoms with Crippen LogP contribution < -0.4 is 5.73 Å². The molecule has 0 spiro atoms. The molecule has 4 nitrogen and oxygen atoms in total. The van der Waals surface area contributed by atoms with Crippen LogP contribution in [-0.2, 0) is 9.53 Å². The van der Waals surface area contributed by atoms with E-state index in [-0.39, 0.29) is 11.9 Å². The summed E-state index contributed by atoms with van der Waals surface area (Å²) < 4.78 is 5.45. The zero-order valence-electron chi connectivity index (χ0n) is 10.4. The maximum absolute atomic E-state index is 11.7. The molecule has 2 N–H and O–H groups in total. The highest BCUT2D eigenvalue weighted by atomic mass is 16.5. The van der Waals surface area contributed by atoms with Crippen molar-refractivity contribution in [2.24, 2.45) is 11.7 Å². The van der Waals surface area contributed by atoms with Gasteiger partial charge in [-0.1, -0.05) is 20.3 Å². The Bertz CT molecular complexity index is 221. The maximum atomic E-state index is 11.7. The van der Waals surface area contributed by atoms with Crippen LogP contribution in [0.25, 0.3) is 0 Å². The topological polar surface area (TPSA) is 55.6 Å². The zero-order chi connectivity index (χ0) is 12.0. The monoisotopic (exact) mass is 228 g/mol. The summed E-state index contributed by atoms with van der Waals surface area (Å²) in [4.78, 5) is 13.5. The van der Waals surface area contributed by atoms with Crippen LogP contribution in [0, 0.1) is 5.92 Å². The fourth-order valence-electron chi connectivity index (χ4n) is 1.83. The highest BCUT2D eigenvalue weighted by molar-refractivity contribution is 5.77. The van der Waals surface area contributed by atoms with Crippen molar-refractivity contribution in [1.29, 1.82) is 0 Å². The number of carbonyl (C=O) groups excluding carboxylic acids is 1. The first-order valence-corrected chi connectivity index (χ1v) is 6.26. The minimum atomic E-state index is 0.119. The summed E-state index contributed by atoms with van der Waals surface area (Å²) in [6.07, 6.45) is 2.81. The number of amides is 1. The third kappa shape index (κ3) is 4.10. The Balaban J connectivity index is 2.18. The molecule has 0 aromatic carbocycles. The van der Waals surface area contributed by atoms with Crippen molar-refractivity contribution in [3.8, 4) is 0 Å². The predicted octanol–water partition coefficient (Wildman–Crippen LogP) is 0.999. The van der Waals surface area contributed by atoms with Gasteiger partial charge in [-0.3, -0.25) is 4.79 Å². The lowest BCUT2D eigenvalue weighted by atomic mass is 9.94. The van der Waals surface area contributed by atoms with Crippen molar-refractivity contribution in [2.75, 3.05) is 26.3 Å². The minimum absolute atomic E-state index is 0.119. The molecule has 16 heavy (non-hydrogen) atoms. The molecule has 0 aromatic heterocycles. The molecule has 1 fully saturated rings. The first-order valence-electron chi connectivity index (χ1n) is 6.26. The Hall–Kier alpha value is -0.610. The standard InChI is InChI=1S/C12H24N2O2/c1-3-4-6-16-7-5-14-9-11(13)10(2)8-12(14)15/h10-11H,3-9,13H2,1-2H3. The van der Waals surface area contributed by atoms with E-state index in [0.29, 0.717) is 32.0 Å². The number of rotatable bonds is 6. The van der Waals surface area contributed by atoms with Crippen molar-refractivity contribution >= 4 is 5.91 Å². The van der Waals surface area contributed by atoms with Gasteiger partial charge in [-0.15, -0.1) is 0 Å². The van der Waals surface area contributed by atoms with Crippen LogP contribution >= 0.6 is 0 Å². The van der Waals surface area contributed by atoms with E-state index >= 15 is 0 Å². The normalized spacial score (nSPS) is 26.2. The zero-order valence-corrected chi connectivity index (χ0v) is 10.4. The number of hydrogen-bond donors (Lipinski definition) is 1. The van der Waals surface area contributed by atoms with Crippen molar-refractivity contribution in [3.05, 3.63) is 0 Å². The second-order valence-corrected chi connectivity index (χ2v) is 4.65. The van der Waals surface area contributed by atoms with E-state index in [4.69, 9.17) is 10.5 Å². The minimum Gasteiger partial charge on any atom is -0.380 e. The average molecular weight is 228 g/mol. The average Bonchev–Trinajstić information content (AvgIpc) is 2.25. The lowest BCUT2D eigenvalue weighted by molar-refractivity contribution is -0.136. The van der Waals surface area contributed by atoms with Gasteiger partial charge in [0.15, 0.2) is 0 Å². The van der Waals surface area contributed by atoms with Gasteiger partial charge in [-0.2, -0.15) is 0 Å². The van der Waals surface area contributed by atoms with Crippen molar-refractivity contribution < 1.29 is 9.53 Å². The summed E-state index contributed by atoms with van der Waals surface area (Å²) in [7, 11) is 0. The summed E-state index contributed by atoms with van der Waals surface area (Å²) in [6.45, 7) is 6.96. The summed E-state index contributed by atoms with van der Waals surface area (Å²) in [5.74, 6) is 0.526. The quantitative estimate of drug-likeness (QED) is 0.690. The molecule has 0 saturated carbocycles. The molecule has 1 amide bonds. The molecule has 1 aliphatic heterocycles. The fraction of sp³-hybridized carbons (Fsp3) is 0.917. The molecule has 94 valence electrons. The largest absolute Gasteiger partial charge is 0.380 e. The Morgan fingerprint density at radius 1 is 1.50 bits per heavy atom. The van der Waals surface area contributed by atoms with Gasteiger partial charge in [0.2, 0.25) is 5.91 Å². The first kappa shape index (κ1) is 13.5. The molecule has 4 heteroatoms. The number of nitrogens with two attached hydrogens (primary N) is 1. The number of likely N-dealkylation sites (tertiary alicyclic amines) is 1. The summed E-state index contributed by atoms with van der Waals surface area (Å²) in [5, 5.41) is 0. The van der Waals surface area contributed by atoms with E-state index in [1.807, 2.05) is 11.8 Å². The lowest BCUT2D eigenvalue weighted by Crippen LogP contribution is -2.51. The molecule has 1 saturated heterocycles. The SMILES string of the molecule is CCCCOCCN1CC(N)C(C)CC1=O. The van der Waals surface area contributed by atoms with Gasteiger partial charge >= 0.3 is 0 Å². The van der Waals surface area contributed by atoms with Gasteiger partial charge in [-0.05, 0) is 12.3 Å². The Labute approximate surface area is 98.1 Å². The van der Waals surface area contributed by atoms with Gasteiger partial charge in [0, 0.05) is 32.2 Å². The molecular formula is C12H24N2O2. The first-order chi connectivity index (χ1) is 7.65. The molecule has 0 radical (unpaired) electrons. The number of piperidine rings is 1. The second kappa shape index (κ2) is 6.86. The summed E-state index contributed by atoms with van der Waals surface area (Å²) in [6, 6.07) is 0.119. The second-order valence-electron chi connectivity index (χ2n) is 4.65. The van der Waals surface area contributed by atoms with E-state index in [1.54, 1.807) is 0 Å². The molecule has 2 atom stereocenters. The molecule has 2 unspecified atom stereocenters. The van der Waals surface area contributed by atoms with Crippen molar-refractivity contribution in [1.82, 2.24) is 4.90 Å². The van der Waals surface area contributed by atoms with Crippen LogP contribution in [0.15, 0.2) is 0 Å². The lowest BCUT2D eigenvalue weighted by Gasteiger charge is -2.34. The van der Waals surface area contributed by atoms with Crippen molar-refractivity contribution in [3.63, 3.8) is 0 Å². The Morgan fingerprint density at radius 3 is 2.94 bits per heavy atom. The number of unbranched alkanes of at least 4 members (excludes halogenated alkanes) is 1. The highest BCUT2D eigenvalue weighted by Gasteiger charge is 2.28. The van der Waals surface area contributed by atoms with Crippen LogP contribution in [-0.4, -0.2) is 43.2 Å². The van der Waals surface area contributed by atoms with E-state index in [0.717, 1.165) is 19.4 Å². The van der Waals surface area contributed by atoms with E-state index in [9.17, 15) is 4.79 Å². The van der Waals surface area contributed by atoms with Gasteiger partial charge in [-0.25, -0.2) is 0 Å². The summed E-state index contributed by atoms with van der Waals surface area (Å²) >= 11 is 0. The smallest absolute Gasteiger partial charge is 0.223 e. The molecule has 0 aromatic rings. The fourth-order valence-corrected chi connectivity index (χ4v) is 1.83. The van der Waals surface area contributed by atoms with Gasteiger partial charge in [0.1, 0.15) is 0 Å². The maximum Gasteiger partial charge on any atom is 0.223 e. The predicted molar refractivity (Wildman–Crippen MR) is 64.1 cm³/mol. The van der Waals surface area contributed by atoms with Crippen molar-refractivity contribution in [2.45, 2.75) is 39.2 Å². The van der Waals surface area contributed by atoms with Crippen LogP contribution in [0.4, 0.5) is 0 Å². The van der Waals surface area contributed by atoms with Gasteiger partial charge in [0.05, 0.1) is 6.61 Å². The molecule has 0 aliphatic carbocycles. The Kier molecular flexibility index (Phi) is 5.77. The third-order valence-electron chi connectivity index (χ3n) is 3.16. The van der Waals surface area contributed by atoms with E-state index < -0.39 is 0 Å². The number of hydrogen-bond acceptors (Lipinski definition) is 3. The Morgan fingerprint density at radius 2 is 2.25 bits per heavy atom. The molecule has 1 rings (SSSR count). The molecule has 1 aliphatic rings. The molecular weight excluding hydrogens is 204 g/mol. The highest BCUT2D eigenvalue weighted by Crippen LogP contribution is 2.16. The number of ether oxygens (including phenoxy) is 1. The number of carbonyl (C=O) groups is 1.